The van der Waals surface area contributed by atoms with Gasteiger partial charge in [0.2, 0.25) is 18.6 Å². The summed E-state index contributed by atoms with van der Waals surface area (Å²) < 4.78 is 12.8. The molecule has 0 aliphatic heterocycles. The Balaban J connectivity index is 0.00000924. The number of nitrogens with two attached hydrogens (primary N) is 1. The van der Waals surface area contributed by atoms with Gasteiger partial charge >= 0.3 is 5.97 Å². The van der Waals surface area contributed by atoms with E-state index in [9.17, 15) is 9.59 Å². The summed E-state index contributed by atoms with van der Waals surface area (Å²) in [7, 11) is 0. The van der Waals surface area contributed by atoms with Gasteiger partial charge in [-0.2, -0.15) is 9.83 Å². The number of benzene rings is 1. The van der Waals surface area contributed by atoms with Gasteiger partial charge in [0.15, 0.2) is 12.4 Å². The van der Waals surface area contributed by atoms with E-state index < -0.39 is 5.60 Å². The van der Waals surface area contributed by atoms with Gasteiger partial charge in [-0.15, -0.1) is 4.99 Å². The average molecular weight is 729 g/mol. The van der Waals surface area contributed by atoms with E-state index in [1.165, 1.54) is 5.06 Å². The van der Waals surface area contributed by atoms with Crippen LogP contribution in [0.15, 0.2) is 53.8 Å². The Kier molecular flexibility index (Phi) is 18.2. The summed E-state index contributed by atoms with van der Waals surface area (Å²) in [4.78, 5) is 34.3. The van der Waals surface area contributed by atoms with Crippen LogP contribution in [0.1, 0.15) is 65.7 Å². The third kappa shape index (κ3) is 16.3. The van der Waals surface area contributed by atoms with Gasteiger partial charge in [-0.25, -0.2) is 5.06 Å². The van der Waals surface area contributed by atoms with Crippen LogP contribution in [0.4, 0.5) is 5.69 Å². The Morgan fingerprint density at radius 2 is 1.70 bits per heavy atom. The molecule has 2 aromatic rings. The predicted octanol–water partition coefficient (Wildman–Crippen LogP) is 1.73. The highest BCUT2D eigenvalue weighted by Crippen LogP contribution is 2.17. The molecule has 0 aliphatic carbocycles. The topological polar surface area (TPSA) is 134 Å². The number of hydrogen-bond donors (Lipinski definition) is 1. The molecule has 1 heterocycles. The molecule has 0 radical (unpaired) electrons. The van der Waals surface area contributed by atoms with Crippen molar-refractivity contribution in [2.75, 3.05) is 24.6 Å². The first-order valence-corrected chi connectivity index (χ1v) is 14.4. The van der Waals surface area contributed by atoms with Crippen molar-refractivity contribution >= 4 is 35.6 Å². The van der Waals surface area contributed by atoms with E-state index >= 15 is 0 Å². The van der Waals surface area contributed by atoms with Crippen molar-refractivity contribution in [3.05, 3.63) is 53.8 Å². The van der Waals surface area contributed by atoms with E-state index in [2.05, 4.69) is 4.99 Å². The van der Waals surface area contributed by atoms with Crippen molar-refractivity contribution in [3.63, 3.8) is 0 Å². The minimum Gasteiger partial charge on any atom is -1.00 e. The Hall–Kier alpha value is -3.15. The summed E-state index contributed by atoms with van der Waals surface area (Å²) in [5.74, 6) is 0.590. The molecule has 0 fully saturated rings. The van der Waals surface area contributed by atoms with Crippen LogP contribution in [-0.4, -0.2) is 48.7 Å². The SMILES string of the molecule is CC(C)(C)ON(C=O)CCCCC(=O)OC[n+]1ccc(N(CCCCCCOc2ccc(Cl)cc2)C(N)=NC#N)cc1.[I-]. The van der Waals surface area contributed by atoms with Crippen LogP contribution < -0.4 is 43.9 Å². The summed E-state index contributed by atoms with van der Waals surface area (Å²) in [5.41, 5.74) is 6.38. The highest BCUT2D eigenvalue weighted by molar-refractivity contribution is 6.30. The quantitative estimate of drug-likeness (QED) is 0.0283. The molecule has 0 aliphatic rings. The number of carbonyl (C=O) groups excluding carboxylic acids is 2. The molecule has 1 amide bonds. The maximum Gasteiger partial charge on any atom is 0.310 e. The summed E-state index contributed by atoms with van der Waals surface area (Å²) in [6.07, 6.45) is 11.1. The van der Waals surface area contributed by atoms with Gasteiger partial charge in [-0.05, 0) is 70.7 Å². The number of nitrogens with zero attached hydrogens (tertiary/aromatic N) is 5. The second kappa shape index (κ2) is 20.7. The standard InChI is InChI=1S/C30H42ClN6O5.HI/c1-30(2,3)42-36(23-38)17-8-6-10-28(39)41-24-35-19-15-26(16-20-35)37(29(33)34-22-32)18-7-4-5-9-21-40-27-13-11-25(31)12-14-27;/h11-16,19-20,23H,4-10,17-18,21,24H2,1-3H3,(H2,33,34);1H/q+1;/p-1. The number of amides is 1. The molecular formula is C30H42ClIN6O5. The van der Waals surface area contributed by atoms with E-state index in [-0.39, 0.29) is 49.1 Å². The number of esters is 1. The number of rotatable bonds is 18. The van der Waals surface area contributed by atoms with Gasteiger partial charge in [0.05, 0.1) is 17.9 Å². The molecule has 0 saturated carbocycles. The summed E-state index contributed by atoms with van der Waals surface area (Å²) in [6.45, 7) is 7.27. The third-order valence-electron chi connectivity index (χ3n) is 5.88. The van der Waals surface area contributed by atoms with E-state index in [0.29, 0.717) is 44.0 Å². The van der Waals surface area contributed by atoms with Crippen LogP contribution in [0.3, 0.4) is 0 Å². The molecule has 0 unspecified atom stereocenters. The molecule has 13 heteroatoms. The predicted molar refractivity (Wildman–Crippen MR) is 160 cm³/mol. The fourth-order valence-electron chi connectivity index (χ4n) is 3.88. The number of pyridine rings is 1. The van der Waals surface area contributed by atoms with Crippen LogP contribution in [0.25, 0.3) is 0 Å². The molecule has 11 nitrogen and oxygen atoms in total. The maximum atomic E-state index is 12.2. The number of anilines is 1. The van der Waals surface area contributed by atoms with Crippen molar-refractivity contribution in [2.24, 2.45) is 10.7 Å². The van der Waals surface area contributed by atoms with Crippen LogP contribution >= 0.6 is 11.6 Å². The monoisotopic (exact) mass is 728 g/mol. The largest absolute Gasteiger partial charge is 1.00 e. The lowest BCUT2D eigenvalue weighted by Gasteiger charge is -2.26. The third-order valence-corrected chi connectivity index (χ3v) is 6.13. The number of aliphatic imine (C=N–C) groups is 1. The molecule has 2 rings (SSSR count). The minimum absolute atomic E-state index is 0. The smallest absolute Gasteiger partial charge is 0.310 e. The van der Waals surface area contributed by atoms with Crippen molar-refractivity contribution in [3.8, 4) is 11.9 Å². The van der Waals surface area contributed by atoms with Crippen LogP contribution in [0, 0.1) is 11.5 Å². The van der Waals surface area contributed by atoms with E-state index in [1.807, 2.05) is 45.0 Å². The number of unbranched alkanes of at least 4 members (excludes halogenated alkanes) is 4. The number of carbonyl (C=O) groups is 2. The first kappa shape index (κ1) is 37.9. The molecule has 0 saturated heterocycles. The number of aromatic nitrogens is 1. The first-order chi connectivity index (χ1) is 20.1. The zero-order valence-corrected chi connectivity index (χ0v) is 28.0. The Bertz CT molecular complexity index is 1170. The summed E-state index contributed by atoms with van der Waals surface area (Å²) in [5, 5.41) is 10.9. The molecule has 0 bridgehead atoms. The number of hydroxylamine groups is 2. The molecule has 236 valence electrons. The normalized spacial score (nSPS) is 11.2. The molecule has 43 heavy (non-hydrogen) atoms. The minimum atomic E-state index is -0.465. The molecular weight excluding hydrogens is 687 g/mol. The number of ether oxygens (including phenoxy) is 2. The number of hydrogen-bond acceptors (Lipinski definition) is 7. The number of guanidine groups is 1. The van der Waals surface area contributed by atoms with Crippen molar-refractivity contribution < 1.29 is 52.4 Å². The number of halogens is 2. The van der Waals surface area contributed by atoms with Crippen LogP contribution in [0.5, 0.6) is 5.75 Å². The zero-order valence-electron chi connectivity index (χ0n) is 25.1. The molecule has 0 atom stereocenters. The highest BCUT2D eigenvalue weighted by Gasteiger charge is 2.16. The Morgan fingerprint density at radius 3 is 2.33 bits per heavy atom. The lowest BCUT2D eigenvalue weighted by atomic mass is 10.2. The first-order valence-electron chi connectivity index (χ1n) is 14.1. The van der Waals surface area contributed by atoms with E-state index in [4.69, 9.17) is 36.9 Å². The summed E-state index contributed by atoms with van der Waals surface area (Å²) in [6, 6.07) is 11.0. The Morgan fingerprint density at radius 1 is 1.05 bits per heavy atom. The lowest BCUT2D eigenvalue weighted by Crippen LogP contribution is -3.00. The highest BCUT2D eigenvalue weighted by atomic mass is 127. The fraction of sp³-hybridized carbons (Fsp3) is 0.500. The number of nitriles is 1. The zero-order chi connectivity index (χ0) is 30.8. The molecule has 1 aromatic carbocycles. The molecule has 1 aromatic heterocycles. The second-order valence-corrected chi connectivity index (χ2v) is 11.0. The van der Waals surface area contributed by atoms with Gasteiger partial charge in [0, 0.05) is 36.7 Å². The molecule has 0 spiro atoms. The van der Waals surface area contributed by atoms with E-state index in [1.54, 1.807) is 40.2 Å². The van der Waals surface area contributed by atoms with Crippen LogP contribution in [0.2, 0.25) is 5.02 Å². The fourth-order valence-corrected chi connectivity index (χ4v) is 4.00. The van der Waals surface area contributed by atoms with E-state index in [0.717, 1.165) is 37.1 Å². The maximum absolute atomic E-state index is 12.2. The van der Waals surface area contributed by atoms with Crippen molar-refractivity contribution in [1.29, 1.82) is 5.26 Å². The molecule has 2 N–H and O–H groups in total. The average Bonchev–Trinajstić information content (AvgIpc) is 2.96. The van der Waals surface area contributed by atoms with Gasteiger partial charge in [-0.3, -0.25) is 14.4 Å². The van der Waals surface area contributed by atoms with Crippen LogP contribution in [-0.2, 0) is 25.9 Å². The van der Waals surface area contributed by atoms with Gasteiger partial charge in [-0.1, -0.05) is 24.4 Å². The van der Waals surface area contributed by atoms with Gasteiger partial charge < -0.3 is 44.1 Å². The summed E-state index contributed by atoms with van der Waals surface area (Å²) >= 11 is 5.89. The second-order valence-electron chi connectivity index (χ2n) is 10.6. The lowest BCUT2D eigenvalue weighted by molar-refractivity contribution is -0.727. The van der Waals surface area contributed by atoms with Crippen molar-refractivity contribution in [1.82, 2.24) is 5.06 Å². The van der Waals surface area contributed by atoms with Crippen molar-refractivity contribution in [2.45, 2.75) is 78.0 Å². The van der Waals surface area contributed by atoms with Gasteiger partial charge in [0.25, 0.3) is 6.73 Å². The Labute approximate surface area is 276 Å². The van der Waals surface area contributed by atoms with Gasteiger partial charge in [0.1, 0.15) is 5.75 Å².